The van der Waals surface area contributed by atoms with Crippen molar-refractivity contribution in [1.82, 2.24) is 15.1 Å². The van der Waals surface area contributed by atoms with Crippen LogP contribution in [-0.2, 0) is 0 Å². The van der Waals surface area contributed by atoms with Crippen molar-refractivity contribution >= 4 is 0 Å². The summed E-state index contributed by atoms with van der Waals surface area (Å²) in [4.78, 5) is 5.44. The van der Waals surface area contributed by atoms with Crippen molar-refractivity contribution in [2.24, 2.45) is 5.92 Å². The molecule has 0 amide bonds. The number of hydrogen-bond acceptors (Lipinski definition) is 3. The van der Waals surface area contributed by atoms with Crippen LogP contribution in [0.3, 0.4) is 0 Å². The van der Waals surface area contributed by atoms with E-state index in [-0.39, 0.29) is 0 Å². The second-order valence-corrected chi connectivity index (χ2v) is 6.13. The number of nitrogens with zero attached hydrogens (tertiary/aromatic N) is 2. The van der Waals surface area contributed by atoms with Crippen LogP contribution in [0.5, 0.6) is 0 Å². The Bertz CT molecular complexity index is 226. The maximum Gasteiger partial charge on any atom is 0.0113 e. The molecular formula is C14H27N3. The van der Waals surface area contributed by atoms with Crippen molar-refractivity contribution in [3.63, 3.8) is 0 Å². The summed E-state index contributed by atoms with van der Waals surface area (Å²) in [6, 6.07) is 0.938. The maximum atomic E-state index is 3.37. The predicted octanol–water partition coefficient (Wildman–Crippen LogP) is 1.16. The molecule has 0 aromatic heterocycles. The van der Waals surface area contributed by atoms with Gasteiger partial charge in [-0.15, -0.1) is 0 Å². The summed E-state index contributed by atoms with van der Waals surface area (Å²) in [5.74, 6) is 0.975. The quantitative estimate of drug-likeness (QED) is 0.791. The Balaban J connectivity index is 1.34. The Morgan fingerprint density at radius 3 is 2.24 bits per heavy atom. The van der Waals surface area contributed by atoms with Gasteiger partial charge in [0.2, 0.25) is 0 Å². The molecule has 1 saturated carbocycles. The van der Waals surface area contributed by atoms with Crippen molar-refractivity contribution < 1.29 is 0 Å². The molecule has 2 heterocycles. The lowest BCUT2D eigenvalue weighted by Gasteiger charge is -2.39. The molecule has 0 spiro atoms. The fourth-order valence-corrected chi connectivity index (χ4v) is 3.54. The van der Waals surface area contributed by atoms with Crippen LogP contribution in [0.15, 0.2) is 0 Å². The van der Waals surface area contributed by atoms with Crippen LogP contribution in [0.4, 0.5) is 0 Å². The minimum Gasteiger partial charge on any atom is -0.316 e. The highest BCUT2D eigenvalue weighted by molar-refractivity contribution is 4.83. The third-order valence-electron chi connectivity index (χ3n) is 4.97. The first-order valence-electron chi connectivity index (χ1n) is 7.59. The minimum atomic E-state index is 0.938. The van der Waals surface area contributed by atoms with E-state index in [2.05, 4.69) is 15.1 Å². The van der Waals surface area contributed by atoms with Crippen molar-refractivity contribution in [2.75, 3.05) is 45.8 Å². The van der Waals surface area contributed by atoms with Gasteiger partial charge >= 0.3 is 0 Å². The molecule has 0 bridgehead atoms. The van der Waals surface area contributed by atoms with Gasteiger partial charge in [0.15, 0.2) is 0 Å². The SMILES string of the molecule is C1CCC(N2CCN(CCC3CNC3)CC2)C1. The van der Waals surface area contributed by atoms with Crippen molar-refractivity contribution in [2.45, 2.75) is 38.1 Å². The first kappa shape index (κ1) is 11.9. The van der Waals surface area contributed by atoms with E-state index in [4.69, 9.17) is 0 Å². The van der Waals surface area contributed by atoms with E-state index in [1.807, 2.05) is 0 Å². The van der Waals surface area contributed by atoms with Gasteiger partial charge in [-0.25, -0.2) is 0 Å². The minimum absolute atomic E-state index is 0.938. The summed E-state index contributed by atoms with van der Waals surface area (Å²) in [5, 5.41) is 3.37. The molecule has 3 heteroatoms. The molecule has 1 N–H and O–H groups in total. The van der Waals surface area contributed by atoms with Gasteiger partial charge < -0.3 is 10.2 Å². The zero-order valence-corrected chi connectivity index (χ0v) is 11.0. The van der Waals surface area contributed by atoms with Gasteiger partial charge in [0.05, 0.1) is 0 Å². The zero-order chi connectivity index (χ0) is 11.5. The van der Waals surface area contributed by atoms with E-state index in [1.165, 1.54) is 77.9 Å². The first-order chi connectivity index (χ1) is 8.42. The highest BCUT2D eigenvalue weighted by Crippen LogP contribution is 2.24. The highest BCUT2D eigenvalue weighted by Gasteiger charge is 2.26. The van der Waals surface area contributed by atoms with E-state index in [0.717, 1.165) is 12.0 Å². The first-order valence-corrected chi connectivity index (χ1v) is 7.59. The van der Waals surface area contributed by atoms with Crippen LogP contribution in [0.1, 0.15) is 32.1 Å². The lowest BCUT2D eigenvalue weighted by atomic mass is 9.99. The monoisotopic (exact) mass is 237 g/mol. The molecule has 0 atom stereocenters. The lowest BCUT2D eigenvalue weighted by Crippen LogP contribution is -2.51. The molecule has 0 radical (unpaired) electrons. The van der Waals surface area contributed by atoms with Crippen molar-refractivity contribution in [3.8, 4) is 0 Å². The largest absolute Gasteiger partial charge is 0.316 e. The summed E-state index contributed by atoms with van der Waals surface area (Å²) >= 11 is 0. The van der Waals surface area contributed by atoms with Gasteiger partial charge in [-0.3, -0.25) is 4.90 Å². The van der Waals surface area contributed by atoms with Crippen molar-refractivity contribution in [1.29, 1.82) is 0 Å². The molecule has 3 nitrogen and oxygen atoms in total. The van der Waals surface area contributed by atoms with E-state index in [0.29, 0.717) is 0 Å². The second kappa shape index (κ2) is 5.68. The van der Waals surface area contributed by atoms with Crippen LogP contribution in [-0.4, -0.2) is 61.7 Å². The molecule has 17 heavy (non-hydrogen) atoms. The van der Waals surface area contributed by atoms with Gasteiger partial charge in [0.25, 0.3) is 0 Å². The molecule has 3 aliphatic rings. The van der Waals surface area contributed by atoms with Crippen LogP contribution >= 0.6 is 0 Å². The van der Waals surface area contributed by atoms with Gasteiger partial charge in [0, 0.05) is 32.2 Å². The molecule has 0 aromatic rings. The molecule has 0 unspecified atom stereocenters. The Morgan fingerprint density at radius 1 is 0.941 bits per heavy atom. The van der Waals surface area contributed by atoms with E-state index < -0.39 is 0 Å². The Morgan fingerprint density at radius 2 is 1.65 bits per heavy atom. The molecule has 0 aromatic carbocycles. The molecule has 2 aliphatic heterocycles. The average molecular weight is 237 g/mol. The molecule has 2 saturated heterocycles. The van der Waals surface area contributed by atoms with Crippen LogP contribution in [0, 0.1) is 5.92 Å². The molecule has 1 aliphatic carbocycles. The highest BCUT2D eigenvalue weighted by atomic mass is 15.3. The smallest absolute Gasteiger partial charge is 0.0113 e. The lowest BCUT2D eigenvalue weighted by molar-refractivity contribution is 0.0917. The zero-order valence-electron chi connectivity index (χ0n) is 11.0. The number of nitrogens with one attached hydrogen (secondary N) is 1. The molecule has 3 rings (SSSR count). The van der Waals surface area contributed by atoms with Gasteiger partial charge in [0.1, 0.15) is 0 Å². The number of hydrogen-bond donors (Lipinski definition) is 1. The number of piperazine rings is 1. The van der Waals surface area contributed by atoms with Gasteiger partial charge in [-0.05, 0) is 44.8 Å². The molecular weight excluding hydrogens is 210 g/mol. The normalized spacial score (nSPS) is 29.6. The fraction of sp³-hybridized carbons (Fsp3) is 1.00. The van der Waals surface area contributed by atoms with E-state index >= 15 is 0 Å². The van der Waals surface area contributed by atoms with Crippen LogP contribution in [0.25, 0.3) is 0 Å². The predicted molar refractivity (Wildman–Crippen MR) is 71.2 cm³/mol. The van der Waals surface area contributed by atoms with E-state index in [9.17, 15) is 0 Å². The van der Waals surface area contributed by atoms with Crippen LogP contribution in [0.2, 0.25) is 0 Å². The van der Waals surface area contributed by atoms with Gasteiger partial charge in [-0.1, -0.05) is 12.8 Å². The fourth-order valence-electron chi connectivity index (χ4n) is 3.54. The topological polar surface area (TPSA) is 18.5 Å². The Kier molecular flexibility index (Phi) is 3.99. The third-order valence-corrected chi connectivity index (χ3v) is 4.97. The average Bonchev–Trinajstić information content (AvgIpc) is 2.81. The standard InChI is InChI=1S/C14H27N3/c1-2-4-14(3-1)17-9-7-16(8-10-17)6-5-13-11-15-12-13/h13-15H,1-12H2. The van der Waals surface area contributed by atoms with Crippen molar-refractivity contribution in [3.05, 3.63) is 0 Å². The summed E-state index contributed by atoms with van der Waals surface area (Å²) < 4.78 is 0. The van der Waals surface area contributed by atoms with Crippen LogP contribution < -0.4 is 5.32 Å². The second-order valence-electron chi connectivity index (χ2n) is 6.13. The summed E-state index contributed by atoms with van der Waals surface area (Å²) in [5.41, 5.74) is 0. The van der Waals surface area contributed by atoms with Gasteiger partial charge in [-0.2, -0.15) is 0 Å². The summed E-state index contributed by atoms with van der Waals surface area (Å²) in [6.07, 6.45) is 7.29. The Labute approximate surface area is 106 Å². The summed E-state index contributed by atoms with van der Waals surface area (Å²) in [6.45, 7) is 9.16. The summed E-state index contributed by atoms with van der Waals surface area (Å²) in [7, 11) is 0. The van der Waals surface area contributed by atoms with E-state index in [1.54, 1.807) is 0 Å². The Hall–Kier alpha value is -0.120. The molecule has 98 valence electrons. The maximum absolute atomic E-state index is 3.37. The number of rotatable bonds is 4. The molecule has 3 fully saturated rings. The third kappa shape index (κ3) is 3.01.